The third kappa shape index (κ3) is 6.56. The van der Waals surface area contributed by atoms with Crippen molar-refractivity contribution in [2.75, 3.05) is 0 Å². The van der Waals surface area contributed by atoms with Gasteiger partial charge >= 0.3 is 0 Å². The molecule has 11 heteroatoms. The van der Waals surface area contributed by atoms with Crippen LogP contribution < -0.4 is 31.8 Å². The third-order valence-electron chi connectivity index (χ3n) is 14.3. The van der Waals surface area contributed by atoms with Crippen LogP contribution in [-0.4, -0.2) is 33.6 Å². The largest absolute Gasteiger partial charge is 0.309 e. The van der Waals surface area contributed by atoms with Crippen LogP contribution in [0.4, 0.5) is 0 Å². The molecule has 9 nitrogen and oxygen atoms in total. The maximum absolute atomic E-state index is 16.7. The van der Waals surface area contributed by atoms with Gasteiger partial charge in [-0.25, -0.2) is 19.9 Å². The van der Waals surface area contributed by atoms with Crippen LogP contribution >= 0.6 is 14.3 Å². The van der Waals surface area contributed by atoms with Crippen molar-refractivity contribution in [1.29, 1.82) is 0 Å². The first kappa shape index (κ1) is 42.8. The molecule has 0 fully saturated rings. The lowest BCUT2D eigenvalue weighted by Crippen LogP contribution is -2.25. The maximum atomic E-state index is 16.7. The van der Waals surface area contributed by atoms with Gasteiger partial charge in [-0.05, 0) is 66.7 Å². The highest BCUT2D eigenvalue weighted by molar-refractivity contribution is 7.85. The number of aromatic nitrogens is 7. The molecule has 0 aliphatic rings. The van der Waals surface area contributed by atoms with Crippen LogP contribution in [0.1, 0.15) is 0 Å². The molecule has 0 amide bonds. The lowest BCUT2D eigenvalue weighted by Gasteiger charge is -2.21. The highest BCUT2D eigenvalue weighted by Crippen LogP contribution is 2.48. The Morgan fingerprint density at radius 1 is 0.260 bits per heavy atom. The molecule has 0 bridgehead atoms. The Morgan fingerprint density at radius 3 is 0.973 bits per heavy atom. The number of rotatable bonds is 9. The fourth-order valence-electron chi connectivity index (χ4n) is 11.0. The van der Waals surface area contributed by atoms with Gasteiger partial charge in [0.15, 0.2) is 14.3 Å². The summed E-state index contributed by atoms with van der Waals surface area (Å²) in [5.41, 5.74) is 5.39. The van der Waals surface area contributed by atoms with Crippen molar-refractivity contribution in [2.45, 2.75) is 0 Å². The van der Waals surface area contributed by atoms with E-state index in [1.807, 2.05) is 162 Å². The molecular formula is C62H41N7O2P2. The van der Waals surface area contributed by atoms with E-state index in [-0.39, 0.29) is 0 Å². The van der Waals surface area contributed by atoms with E-state index in [4.69, 9.17) is 19.9 Å². The van der Waals surface area contributed by atoms with Gasteiger partial charge in [0.05, 0.1) is 33.1 Å². The first-order valence-electron chi connectivity index (χ1n) is 24.1. The minimum Gasteiger partial charge on any atom is -0.309 e. The number of fused-ring (bicyclic) bond motifs is 9. The van der Waals surface area contributed by atoms with Gasteiger partial charge in [-0.15, -0.1) is 0 Å². The fourth-order valence-corrected chi connectivity index (χ4v) is 16.3. The summed E-state index contributed by atoms with van der Waals surface area (Å²) in [5, 5.41) is 10.2. The molecule has 0 saturated carbocycles. The van der Waals surface area contributed by atoms with Crippen LogP contribution in [0.3, 0.4) is 0 Å². The average Bonchev–Trinajstić information content (AvgIpc) is 4.10. The van der Waals surface area contributed by atoms with Gasteiger partial charge in [0.1, 0.15) is 11.6 Å². The zero-order chi connectivity index (χ0) is 48.7. The van der Waals surface area contributed by atoms with Crippen LogP contribution in [-0.2, 0) is 9.13 Å². The number of benzene rings is 8. The minimum atomic E-state index is -3.61. The molecule has 0 aliphatic carbocycles. The molecule has 0 N–H and O–H groups in total. The SMILES string of the molecule is O=P(c1ccccc1)(c1ccc2c3ccccc3n(-c3ccccn3)c2c1)c1ccc2c3ccc(P(=O)(c4ccccc4)c4ccc5c6ccccc6n(-c6ccccn6)c5c4)cc3n(-c3ncccn3)c2c1. The Morgan fingerprint density at radius 2 is 0.589 bits per heavy atom. The summed E-state index contributed by atoms with van der Waals surface area (Å²) in [5.74, 6) is 1.99. The Labute approximate surface area is 419 Å². The second-order valence-electron chi connectivity index (χ2n) is 18.2. The summed E-state index contributed by atoms with van der Waals surface area (Å²) in [7, 11) is -7.21. The predicted octanol–water partition coefficient (Wildman–Crippen LogP) is 11.8. The van der Waals surface area contributed by atoms with Crippen molar-refractivity contribution in [3.8, 4) is 17.6 Å². The van der Waals surface area contributed by atoms with Crippen molar-refractivity contribution >= 4 is 112 Å². The molecule has 0 radical (unpaired) electrons. The van der Waals surface area contributed by atoms with E-state index in [0.717, 1.165) is 77.1 Å². The van der Waals surface area contributed by atoms with E-state index >= 15 is 9.13 Å². The number of pyridine rings is 2. The molecule has 0 aliphatic heterocycles. The highest BCUT2D eigenvalue weighted by Gasteiger charge is 2.34. The first-order chi connectivity index (χ1) is 36.0. The number of hydrogen-bond acceptors (Lipinski definition) is 6. The molecule has 73 heavy (non-hydrogen) atoms. The molecule has 6 heterocycles. The fraction of sp³-hybridized carbons (Fsp3) is 0. The summed E-state index contributed by atoms with van der Waals surface area (Å²) < 4.78 is 39.7. The van der Waals surface area contributed by atoms with Crippen LogP contribution in [0.5, 0.6) is 0 Å². The summed E-state index contributed by atoms with van der Waals surface area (Å²) in [6, 6.07) is 74.3. The summed E-state index contributed by atoms with van der Waals surface area (Å²) in [6.07, 6.45) is 7.05. The van der Waals surface area contributed by atoms with E-state index in [2.05, 4.69) is 69.8 Å². The van der Waals surface area contributed by atoms with Gasteiger partial charge in [-0.3, -0.25) is 13.7 Å². The van der Waals surface area contributed by atoms with Gasteiger partial charge < -0.3 is 9.13 Å². The predicted molar refractivity (Wildman–Crippen MR) is 299 cm³/mol. The highest BCUT2D eigenvalue weighted by atomic mass is 31.2. The Kier molecular flexibility index (Phi) is 9.87. The Balaban J connectivity index is 1.00. The van der Waals surface area contributed by atoms with Crippen LogP contribution in [0.2, 0.25) is 0 Å². The van der Waals surface area contributed by atoms with Gasteiger partial charge in [0.25, 0.3) is 0 Å². The second kappa shape index (κ2) is 16.8. The number of para-hydroxylation sites is 2. The standard InChI is InChI=1S/C62H41N7O2P2/c70-72(42-16-3-1-4-17-42,44-26-30-50-48-20-7-9-22-54(48)67(56(50)38-44)60-24-11-13-34-63-60)46-28-32-52-53-33-29-47(41-59(53)69(58(52)40-46)62-65-36-15-37-66-62)73(71,43-18-5-2-6-19-43)45-27-31-51-49-21-8-10-23-55(49)68(57(51)39-45)61-25-12-14-35-64-61/h1-41H. The summed E-state index contributed by atoms with van der Waals surface area (Å²) >= 11 is 0. The Hall–Kier alpha value is -9.00. The lowest BCUT2D eigenvalue weighted by atomic mass is 10.1. The third-order valence-corrected chi connectivity index (χ3v) is 20.3. The van der Waals surface area contributed by atoms with Crippen LogP contribution in [0.15, 0.2) is 249 Å². The number of hydrogen-bond donors (Lipinski definition) is 0. The van der Waals surface area contributed by atoms with E-state index < -0.39 is 14.3 Å². The van der Waals surface area contributed by atoms with Gasteiger partial charge in [-0.1, -0.05) is 158 Å². The molecular weight excluding hydrogens is 937 g/mol. The average molecular weight is 978 g/mol. The number of nitrogens with zero attached hydrogens (tertiary/aromatic N) is 7. The molecule has 6 aromatic heterocycles. The van der Waals surface area contributed by atoms with E-state index in [9.17, 15) is 0 Å². The zero-order valence-electron chi connectivity index (χ0n) is 39.0. The van der Waals surface area contributed by atoms with Crippen molar-refractivity contribution in [1.82, 2.24) is 33.6 Å². The van der Waals surface area contributed by atoms with E-state index in [0.29, 0.717) is 37.8 Å². The van der Waals surface area contributed by atoms with Gasteiger partial charge in [0.2, 0.25) is 5.95 Å². The molecule has 8 aromatic carbocycles. The summed E-state index contributed by atoms with van der Waals surface area (Å²) in [6.45, 7) is 0. The molecule has 0 spiro atoms. The van der Waals surface area contributed by atoms with Crippen molar-refractivity contribution in [3.05, 3.63) is 249 Å². The molecule has 14 aromatic rings. The van der Waals surface area contributed by atoms with Crippen LogP contribution in [0, 0.1) is 0 Å². The topological polar surface area (TPSA) is 100 Å². The molecule has 0 saturated heterocycles. The molecule has 2 atom stereocenters. The van der Waals surface area contributed by atoms with E-state index in [1.54, 1.807) is 30.9 Å². The van der Waals surface area contributed by atoms with Crippen LogP contribution in [0.25, 0.3) is 83.0 Å². The van der Waals surface area contributed by atoms with Crippen molar-refractivity contribution < 1.29 is 9.13 Å². The maximum Gasteiger partial charge on any atom is 0.234 e. The monoisotopic (exact) mass is 977 g/mol. The molecule has 346 valence electrons. The van der Waals surface area contributed by atoms with Gasteiger partial charge in [0, 0.05) is 88.9 Å². The minimum absolute atomic E-state index is 0.434. The normalized spacial score (nSPS) is 13.5. The lowest BCUT2D eigenvalue weighted by molar-refractivity contribution is 0.591. The second-order valence-corrected chi connectivity index (χ2v) is 23.7. The van der Waals surface area contributed by atoms with Crippen molar-refractivity contribution in [2.24, 2.45) is 0 Å². The first-order valence-corrected chi connectivity index (χ1v) is 27.5. The summed E-state index contributed by atoms with van der Waals surface area (Å²) in [4.78, 5) is 19.2. The molecule has 2 unspecified atom stereocenters. The smallest absolute Gasteiger partial charge is 0.234 e. The quantitative estimate of drug-likeness (QED) is 0.134. The van der Waals surface area contributed by atoms with E-state index in [1.165, 1.54) is 0 Å². The molecule has 14 rings (SSSR count). The zero-order valence-corrected chi connectivity index (χ0v) is 40.8. The van der Waals surface area contributed by atoms with Gasteiger partial charge in [-0.2, -0.15) is 0 Å². The Bertz CT molecular complexity index is 4290. The van der Waals surface area contributed by atoms with Crippen molar-refractivity contribution in [3.63, 3.8) is 0 Å².